The molecule has 1 unspecified atom stereocenters. The van der Waals surface area contributed by atoms with E-state index in [0.717, 1.165) is 31.3 Å². The van der Waals surface area contributed by atoms with Gasteiger partial charge in [0, 0.05) is 38.1 Å². The molecule has 12 nitrogen and oxygen atoms in total. The Morgan fingerprint density at radius 2 is 1.97 bits per heavy atom. The minimum absolute atomic E-state index is 0.00666. The normalized spacial score (nSPS) is 15.5. The number of rotatable bonds is 9. The number of piperidine rings is 1. The van der Waals surface area contributed by atoms with Crippen LogP contribution < -0.4 is 19.7 Å². The van der Waals surface area contributed by atoms with Crippen molar-refractivity contribution in [2.45, 2.75) is 57.1 Å². The average Bonchev–Trinajstić information content (AvgIpc) is 3.35. The quantitative estimate of drug-likeness (QED) is 0.444. The van der Waals surface area contributed by atoms with Gasteiger partial charge in [-0.1, -0.05) is 19.0 Å². The largest absolute Gasteiger partial charge is 0.489 e. The molecule has 1 aliphatic rings. The molecule has 0 aromatic carbocycles. The molecule has 3 aromatic rings. The smallest absolute Gasteiger partial charge is 0.324 e. The van der Waals surface area contributed by atoms with Gasteiger partial charge >= 0.3 is 6.01 Å². The fourth-order valence-electron chi connectivity index (χ4n) is 3.78. The first kappa shape index (κ1) is 25.6. The van der Waals surface area contributed by atoms with Gasteiger partial charge < -0.3 is 24.2 Å². The summed E-state index contributed by atoms with van der Waals surface area (Å²) in [4.78, 5) is 19.3. The van der Waals surface area contributed by atoms with Crippen molar-refractivity contribution in [1.29, 1.82) is 0 Å². The monoisotopic (exact) mass is 517 g/mol. The van der Waals surface area contributed by atoms with Gasteiger partial charge in [-0.25, -0.2) is 18.4 Å². The number of methoxy groups -OCH3 is 1. The summed E-state index contributed by atoms with van der Waals surface area (Å²) in [6.45, 7) is 7.31. The second-order valence-electron chi connectivity index (χ2n) is 8.79. The van der Waals surface area contributed by atoms with Crippen molar-refractivity contribution in [3.8, 4) is 11.6 Å². The second-order valence-corrected chi connectivity index (χ2v) is 10.8. The Labute approximate surface area is 210 Å². The summed E-state index contributed by atoms with van der Waals surface area (Å²) >= 11 is 0. The molecule has 1 atom stereocenters. The summed E-state index contributed by atoms with van der Waals surface area (Å²) in [7, 11) is -1.89. The van der Waals surface area contributed by atoms with Crippen molar-refractivity contribution < 1.29 is 22.4 Å². The van der Waals surface area contributed by atoms with Crippen LogP contribution in [0, 0.1) is 6.92 Å². The molecule has 1 aliphatic heterocycles. The second kappa shape index (κ2) is 10.6. The number of ether oxygens (including phenoxy) is 2. The van der Waals surface area contributed by atoms with Crippen molar-refractivity contribution in [3.63, 3.8) is 0 Å². The van der Waals surface area contributed by atoms with E-state index in [-0.39, 0.29) is 17.0 Å². The maximum Gasteiger partial charge on any atom is 0.324 e. The Hall–Kier alpha value is -3.48. The van der Waals surface area contributed by atoms with E-state index in [0.29, 0.717) is 47.9 Å². The van der Waals surface area contributed by atoms with E-state index in [4.69, 9.17) is 14.0 Å². The van der Waals surface area contributed by atoms with Crippen molar-refractivity contribution >= 4 is 27.4 Å². The highest BCUT2D eigenvalue weighted by molar-refractivity contribution is 7.90. The molecule has 1 saturated heterocycles. The van der Waals surface area contributed by atoms with Crippen molar-refractivity contribution in [2.24, 2.45) is 0 Å². The zero-order valence-electron chi connectivity index (χ0n) is 21.1. The predicted molar refractivity (Wildman–Crippen MR) is 133 cm³/mol. The van der Waals surface area contributed by atoms with Crippen LogP contribution in [-0.4, -0.2) is 66.1 Å². The number of hydrogen-bond donors (Lipinski definition) is 1. The molecule has 0 saturated carbocycles. The summed E-state index contributed by atoms with van der Waals surface area (Å²) in [6, 6.07) is 3.63. The number of sulfone groups is 1. The fourth-order valence-corrected chi connectivity index (χ4v) is 4.40. The third-order valence-electron chi connectivity index (χ3n) is 6.14. The van der Waals surface area contributed by atoms with Crippen LogP contribution in [-0.2, 0) is 9.84 Å². The zero-order chi connectivity index (χ0) is 25.9. The first-order valence-corrected chi connectivity index (χ1v) is 13.7. The number of pyridine rings is 1. The maximum absolute atomic E-state index is 11.8. The number of hydrogen-bond acceptors (Lipinski definition) is 12. The van der Waals surface area contributed by atoms with Crippen LogP contribution in [0.25, 0.3) is 0 Å². The lowest BCUT2D eigenvalue weighted by molar-refractivity contribution is 0.155. The first-order valence-electron chi connectivity index (χ1n) is 11.8. The molecule has 0 aliphatic carbocycles. The number of anilines is 3. The zero-order valence-corrected chi connectivity index (χ0v) is 21.9. The molecule has 0 spiro atoms. The molecule has 194 valence electrons. The summed E-state index contributed by atoms with van der Waals surface area (Å²) < 4.78 is 40.8. The van der Waals surface area contributed by atoms with E-state index in [2.05, 4.69) is 49.2 Å². The lowest BCUT2D eigenvalue weighted by atomic mass is 10.1. The minimum Gasteiger partial charge on any atom is -0.489 e. The molecule has 1 N–H and O–H groups in total. The van der Waals surface area contributed by atoms with Gasteiger partial charge in [0.2, 0.25) is 5.75 Å². The van der Waals surface area contributed by atoms with E-state index in [9.17, 15) is 8.42 Å². The van der Waals surface area contributed by atoms with Crippen LogP contribution >= 0.6 is 0 Å². The highest BCUT2D eigenvalue weighted by atomic mass is 32.2. The molecule has 0 bridgehead atoms. The van der Waals surface area contributed by atoms with Gasteiger partial charge in [-0.05, 0) is 25.5 Å². The average molecular weight is 518 g/mol. The highest BCUT2D eigenvalue weighted by Gasteiger charge is 2.27. The van der Waals surface area contributed by atoms with Crippen LogP contribution in [0.5, 0.6) is 11.6 Å². The van der Waals surface area contributed by atoms with Crippen molar-refractivity contribution in [3.05, 3.63) is 30.0 Å². The number of aromatic nitrogens is 5. The predicted octanol–water partition coefficient (Wildman–Crippen LogP) is 3.28. The maximum atomic E-state index is 11.8. The van der Waals surface area contributed by atoms with Gasteiger partial charge in [0.05, 0.1) is 18.5 Å². The van der Waals surface area contributed by atoms with Gasteiger partial charge in [0.15, 0.2) is 26.5 Å². The van der Waals surface area contributed by atoms with Crippen LogP contribution in [0.3, 0.4) is 0 Å². The number of aryl methyl sites for hydroxylation is 1. The Balaban J connectivity index is 1.43. The van der Waals surface area contributed by atoms with Gasteiger partial charge in [-0.2, -0.15) is 9.97 Å². The molecule has 4 heterocycles. The number of nitrogens with zero attached hydrogens (tertiary/aromatic N) is 6. The highest BCUT2D eigenvalue weighted by Crippen LogP contribution is 2.35. The Morgan fingerprint density at radius 1 is 1.22 bits per heavy atom. The van der Waals surface area contributed by atoms with E-state index in [1.807, 2.05) is 0 Å². The Kier molecular flexibility index (Phi) is 7.57. The molecular weight excluding hydrogens is 486 g/mol. The van der Waals surface area contributed by atoms with E-state index >= 15 is 0 Å². The molecule has 4 rings (SSSR count). The summed E-state index contributed by atoms with van der Waals surface area (Å²) in [5, 5.41) is 7.25. The SMILES string of the molecule is CCC(C)c1noc(N2CCC(Oc3ncnc(Nc4ccc(S(C)(=O)=O)nc4C)c3OC)CC2)n1. The van der Waals surface area contributed by atoms with Crippen LogP contribution in [0.4, 0.5) is 17.5 Å². The Bertz CT molecular complexity index is 1310. The molecule has 0 radical (unpaired) electrons. The fraction of sp³-hybridized carbons (Fsp3) is 0.522. The lowest BCUT2D eigenvalue weighted by Crippen LogP contribution is -2.38. The first-order chi connectivity index (χ1) is 17.2. The van der Waals surface area contributed by atoms with Crippen LogP contribution in [0.2, 0.25) is 0 Å². The Morgan fingerprint density at radius 3 is 2.61 bits per heavy atom. The lowest BCUT2D eigenvalue weighted by Gasteiger charge is -2.30. The summed E-state index contributed by atoms with van der Waals surface area (Å²) in [5.74, 6) is 2.05. The molecule has 0 amide bonds. The molecule has 3 aromatic heterocycles. The topological polar surface area (TPSA) is 145 Å². The molecular formula is C23H31N7O5S. The third kappa shape index (κ3) is 5.66. The van der Waals surface area contributed by atoms with Gasteiger partial charge in [-0.3, -0.25) is 0 Å². The van der Waals surface area contributed by atoms with Crippen LogP contribution in [0.15, 0.2) is 28.0 Å². The molecule has 36 heavy (non-hydrogen) atoms. The molecule has 13 heteroatoms. The third-order valence-corrected chi connectivity index (χ3v) is 7.13. The van der Waals surface area contributed by atoms with Crippen molar-refractivity contribution in [2.75, 3.05) is 36.7 Å². The van der Waals surface area contributed by atoms with E-state index in [1.54, 1.807) is 13.0 Å². The number of nitrogens with one attached hydrogen (secondary N) is 1. The van der Waals surface area contributed by atoms with Crippen molar-refractivity contribution in [1.82, 2.24) is 25.1 Å². The van der Waals surface area contributed by atoms with E-state index < -0.39 is 9.84 Å². The van der Waals surface area contributed by atoms with Gasteiger partial charge in [0.1, 0.15) is 12.4 Å². The molecule has 1 fully saturated rings. The van der Waals surface area contributed by atoms with E-state index in [1.165, 1.54) is 19.5 Å². The van der Waals surface area contributed by atoms with Crippen LogP contribution in [0.1, 0.15) is 50.5 Å². The summed E-state index contributed by atoms with van der Waals surface area (Å²) in [5.41, 5.74) is 1.10. The minimum atomic E-state index is -3.40. The summed E-state index contributed by atoms with van der Waals surface area (Å²) in [6.07, 6.45) is 4.87. The standard InChI is InChI=1S/C23H31N7O5S/c1-6-14(2)20-28-23(35-29-20)30-11-9-16(10-12-30)34-22-19(33-4)21(24-13-25-22)27-17-7-8-18(26-15(17)3)36(5,31)32/h7-8,13-14,16H,6,9-12H2,1-5H3,(H,24,25,27). The van der Waals surface area contributed by atoms with Gasteiger partial charge in [-0.15, -0.1) is 0 Å². The van der Waals surface area contributed by atoms with Gasteiger partial charge in [0.25, 0.3) is 5.88 Å².